The van der Waals surface area contributed by atoms with E-state index in [1.807, 2.05) is 0 Å². The van der Waals surface area contributed by atoms with Crippen molar-refractivity contribution < 1.29 is 9.53 Å². The fourth-order valence-corrected chi connectivity index (χ4v) is 3.77. The van der Waals surface area contributed by atoms with Crippen molar-refractivity contribution in [2.24, 2.45) is 17.3 Å². The van der Waals surface area contributed by atoms with Crippen molar-refractivity contribution in [2.75, 3.05) is 0 Å². The average molecular weight is 296 g/mol. The minimum Gasteiger partial charge on any atom is -0.459 e. The summed E-state index contributed by atoms with van der Waals surface area (Å²) in [6.45, 7) is 12.9. The van der Waals surface area contributed by atoms with E-state index in [1.165, 1.54) is 32.1 Å². The maximum absolute atomic E-state index is 12.8. The molecule has 0 radical (unpaired) electrons. The number of hydrogen-bond donors (Lipinski definition) is 0. The van der Waals surface area contributed by atoms with Gasteiger partial charge >= 0.3 is 5.97 Å². The molecule has 2 heteroatoms. The normalized spacial score (nSPS) is 22.6. The number of carbonyl (C=O) groups is 1. The predicted octanol–water partition coefficient (Wildman–Crippen LogP) is 5.74. The number of esters is 1. The summed E-state index contributed by atoms with van der Waals surface area (Å²) in [5, 5.41) is 0. The predicted molar refractivity (Wildman–Crippen MR) is 89.2 cm³/mol. The maximum Gasteiger partial charge on any atom is 0.312 e. The molecule has 2 unspecified atom stereocenters. The van der Waals surface area contributed by atoms with Gasteiger partial charge in [-0.3, -0.25) is 4.79 Å². The van der Waals surface area contributed by atoms with Gasteiger partial charge in [-0.1, -0.05) is 47.0 Å². The first kappa shape index (κ1) is 18.5. The minimum absolute atomic E-state index is 0.0219. The molecule has 0 aromatic rings. The summed E-state index contributed by atoms with van der Waals surface area (Å²) < 4.78 is 6.14. The molecule has 2 nitrogen and oxygen atoms in total. The molecule has 1 fully saturated rings. The summed E-state index contributed by atoms with van der Waals surface area (Å²) in [6.07, 6.45) is 9.02. The highest BCUT2D eigenvalue weighted by molar-refractivity contribution is 5.76. The van der Waals surface area contributed by atoms with Crippen LogP contribution in [0.4, 0.5) is 0 Å². The SMILES string of the molecule is CCC(C)(CC(C)C)C(=O)OC(C)(CC)C1CCCCC1. The van der Waals surface area contributed by atoms with Crippen LogP contribution in [0.3, 0.4) is 0 Å². The Bertz CT molecular complexity index is 330. The van der Waals surface area contributed by atoms with E-state index in [9.17, 15) is 4.79 Å². The molecule has 0 aromatic heterocycles. The molecule has 21 heavy (non-hydrogen) atoms. The number of rotatable bonds is 7. The molecule has 0 bridgehead atoms. The molecule has 1 aliphatic rings. The highest BCUT2D eigenvalue weighted by Crippen LogP contribution is 2.40. The lowest BCUT2D eigenvalue weighted by atomic mass is 9.75. The van der Waals surface area contributed by atoms with Crippen molar-refractivity contribution in [3.05, 3.63) is 0 Å². The molecule has 0 spiro atoms. The molecular formula is C19H36O2. The van der Waals surface area contributed by atoms with Crippen LogP contribution < -0.4 is 0 Å². The van der Waals surface area contributed by atoms with Gasteiger partial charge < -0.3 is 4.74 Å². The molecule has 0 amide bonds. The third-order valence-corrected chi connectivity index (χ3v) is 5.63. The third kappa shape index (κ3) is 4.72. The van der Waals surface area contributed by atoms with Crippen LogP contribution in [0.25, 0.3) is 0 Å². The largest absolute Gasteiger partial charge is 0.459 e. The number of hydrogen-bond acceptors (Lipinski definition) is 2. The molecule has 0 aromatic carbocycles. The van der Waals surface area contributed by atoms with Crippen LogP contribution in [0.1, 0.15) is 92.9 Å². The smallest absolute Gasteiger partial charge is 0.312 e. The van der Waals surface area contributed by atoms with E-state index >= 15 is 0 Å². The standard InChI is InChI=1S/C19H36O2/c1-7-18(5,14-15(3)4)17(20)21-19(6,8-2)16-12-10-9-11-13-16/h15-16H,7-14H2,1-6H3. The second-order valence-corrected chi connectivity index (χ2v) is 7.90. The monoisotopic (exact) mass is 296 g/mol. The van der Waals surface area contributed by atoms with Gasteiger partial charge in [0.25, 0.3) is 0 Å². The van der Waals surface area contributed by atoms with E-state index in [0.717, 1.165) is 19.3 Å². The van der Waals surface area contributed by atoms with E-state index < -0.39 is 0 Å². The molecule has 124 valence electrons. The maximum atomic E-state index is 12.8. The van der Waals surface area contributed by atoms with Gasteiger partial charge in [-0.05, 0) is 57.8 Å². The van der Waals surface area contributed by atoms with Crippen molar-refractivity contribution in [3.8, 4) is 0 Å². The Hall–Kier alpha value is -0.530. The molecule has 2 atom stereocenters. The Balaban J connectivity index is 2.80. The lowest BCUT2D eigenvalue weighted by molar-refractivity contribution is -0.179. The molecule has 1 rings (SSSR count). The van der Waals surface area contributed by atoms with Gasteiger partial charge in [-0.25, -0.2) is 0 Å². The van der Waals surface area contributed by atoms with Crippen LogP contribution in [0.5, 0.6) is 0 Å². The Kier molecular flexibility index (Phi) is 6.74. The first-order valence-corrected chi connectivity index (χ1v) is 9.01. The topological polar surface area (TPSA) is 26.3 Å². The molecule has 0 saturated heterocycles. The van der Waals surface area contributed by atoms with Crippen LogP contribution in [-0.4, -0.2) is 11.6 Å². The summed E-state index contributed by atoms with van der Waals surface area (Å²) in [7, 11) is 0. The summed E-state index contributed by atoms with van der Waals surface area (Å²) in [5.74, 6) is 1.08. The van der Waals surface area contributed by atoms with Crippen molar-refractivity contribution >= 4 is 5.97 Å². The van der Waals surface area contributed by atoms with Crippen LogP contribution in [0.15, 0.2) is 0 Å². The van der Waals surface area contributed by atoms with Gasteiger partial charge in [-0.2, -0.15) is 0 Å². The Morgan fingerprint density at radius 1 is 1.10 bits per heavy atom. The molecular weight excluding hydrogens is 260 g/mol. The van der Waals surface area contributed by atoms with Crippen molar-refractivity contribution in [3.63, 3.8) is 0 Å². The lowest BCUT2D eigenvalue weighted by Gasteiger charge is -2.41. The van der Waals surface area contributed by atoms with Crippen LogP contribution in [0, 0.1) is 17.3 Å². The van der Waals surface area contributed by atoms with E-state index in [4.69, 9.17) is 4.74 Å². The summed E-state index contributed by atoms with van der Waals surface area (Å²) >= 11 is 0. The Labute approximate surface area is 132 Å². The van der Waals surface area contributed by atoms with Crippen LogP contribution >= 0.6 is 0 Å². The van der Waals surface area contributed by atoms with Crippen LogP contribution in [0.2, 0.25) is 0 Å². The second-order valence-electron chi connectivity index (χ2n) is 7.90. The zero-order chi connectivity index (χ0) is 16.1. The zero-order valence-corrected chi connectivity index (χ0v) is 15.1. The molecule has 0 aliphatic heterocycles. The summed E-state index contributed by atoms with van der Waals surface area (Å²) in [4.78, 5) is 12.8. The fourth-order valence-electron chi connectivity index (χ4n) is 3.77. The molecule has 1 aliphatic carbocycles. The second kappa shape index (κ2) is 7.65. The van der Waals surface area contributed by atoms with Gasteiger partial charge in [0.1, 0.15) is 5.60 Å². The molecule has 1 saturated carbocycles. The van der Waals surface area contributed by atoms with E-state index in [2.05, 4.69) is 41.5 Å². The zero-order valence-electron chi connectivity index (χ0n) is 15.1. The van der Waals surface area contributed by atoms with Gasteiger partial charge in [0.2, 0.25) is 0 Å². The highest BCUT2D eigenvalue weighted by Gasteiger charge is 2.42. The van der Waals surface area contributed by atoms with Crippen molar-refractivity contribution in [1.82, 2.24) is 0 Å². The van der Waals surface area contributed by atoms with Crippen LogP contribution in [-0.2, 0) is 9.53 Å². The molecule has 0 N–H and O–H groups in total. The van der Waals surface area contributed by atoms with Gasteiger partial charge in [0.05, 0.1) is 5.41 Å². The van der Waals surface area contributed by atoms with Gasteiger partial charge in [-0.15, -0.1) is 0 Å². The van der Waals surface area contributed by atoms with Crippen molar-refractivity contribution in [1.29, 1.82) is 0 Å². The Morgan fingerprint density at radius 2 is 1.67 bits per heavy atom. The third-order valence-electron chi connectivity index (χ3n) is 5.63. The highest BCUT2D eigenvalue weighted by atomic mass is 16.6. The number of carbonyl (C=O) groups excluding carboxylic acids is 1. The van der Waals surface area contributed by atoms with Gasteiger partial charge in [0, 0.05) is 0 Å². The summed E-state index contributed by atoms with van der Waals surface area (Å²) in [6, 6.07) is 0. The van der Waals surface area contributed by atoms with E-state index in [0.29, 0.717) is 11.8 Å². The molecule has 0 heterocycles. The lowest BCUT2D eigenvalue weighted by Crippen LogP contribution is -2.44. The average Bonchev–Trinajstić information content (AvgIpc) is 2.47. The first-order chi connectivity index (χ1) is 9.77. The van der Waals surface area contributed by atoms with E-state index in [1.54, 1.807) is 0 Å². The number of ether oxygens (including phenoxy) is 1. The first-order valence-electron chi connectivity index (χ1n) is 9.01. The van der Waals surface area contributed by atoms with Crippen molar-refractivity contribution in [2.45, 2.75) is 98.5 Å². The quantitative estimate of drug-likeness (QED) is 0.560. The summed E-state index contributed by atoms with van der Waals surface area (Å²) in [5.41, 5.74) is -0.607. The van der Waals surface area contributed by atoms with E-state index in [-0.39, 0.29) is 17.0 Å². The Morgan fingerprint density at radius 3 is 2.10 bits per heavy atom. The van der Waals surface area contributed by atoms with Gasteiger partial charge in [0.15, 0.2) is 0 Å². The minimum atomic E-state index is -0.334. The fraction of sp³-hybridized carbons (Fsp3) is 0.947.